The van der Waals surface area contributed by atoms with E-state index in [9.17, 15) is 8.78 Å². The number of piperazine rings is 1. The van der Waals surface area contributed by atoms with E-state index in [1.807, 2.05) is 18.3 Å². The van der Waals surface area contributed by atoms with E-state index in [0.717, 1.165) is 65.0 Å². The van der Waals surface area contributed by atoms with Gasteiger partial charge in [0.05, 0.1) is 10.4 Å². The molecule has 1 fully saturated rings. The van der Waals surface area contributed by atoms with Crippen LogP contribution in [0, 0.1) is 11.6 Å². The highest BCUT2D eigenvalue weighted by atomic mass is 32.2. The molecule has 0 bridgehead atoms. The topological polar surface area (TPSA) is 31.4 Å². The summed E-state index contributed by atoms with van der Waals surface area (Å²) in [5.41, 5.74) is 4.72. The molecule has 35 heavy (non-hydrogen) atoms. The first kappa shape index (κ1) is 23.3. The Morgan fingerprint density at radius 3 is 2.37 bits per heavy atom. The molecule has 0 radical (unpaired) electrons. The zero-order chi connectivity index (χ0) is 24.2. The molecule has 0 aliphatic carbocycles. The Labute approximate surface area is 208 Å². The molecule has 7 heteroatoms. The second-order valence-corrected chi connectivity index (χ2v) is 9.45. The predicted octanol–water partition coefficient (Wildman–Crippen LogP) is 6.42. The monoisotopic (exact) mass is 488 g/mol. The number of nitrogens with one attached hydrogen (secondary N) is 1. The van der Waals surface area contributed by atoms with Crippen molar-refractivity contribution < 1.29 is 8.78 Å². The molecular formula is C28H26F2N4S. The van der Waals surface area contributed by atoms with Gasteiger partial charge in [0.1, 0.15) is 11.6 Å². The fourth-order valence-electron chi connectivity index (χ4n) is 4.32. The average molecular weight is 489 g/mol. The van der Waals surface area contributed by atoms with Crippen LogP contribution in [0.2, 0.25) is 0 Å². The van der Waals surface area contributed by atoms with Gasteiger partial charge >= 0.3 is 0 Å². The molecule has 0 amide bonds. The minimum Gasteiger partial charge on any atom is -0.369 e. The van der Waals surface area contributed by atoms with Gasteiger partial charge in [-0.2, -0.15) is 0 Å². The lowest BCUT2D eigenvalue weighted by Gasteiger charge is -2.37. The number of benzene rings is 3. The van der Waals surface area contributed by atoms with Crippen LogP contribution in [0.5, 0.6) is 0 Å². The van der Waals surface area contributed by atoms with Gasteiger partial charge in [0.2, 0.25) is 0 Å². The van der Waals surface area contributed by atoms with Gasteiger partial charge in [0.25, 0.3) is 0 Å². The van der Waals surface area contributed by atoms with Crippen LogP contribution in [0.1, 0.15) is 11.1 Å². The lowest BCUT2D eigenvalue weighted by molar-refractivity contribution is 0.169. The highest BCUT2D eigenvalue weighted by Crippen LogP contribution is 2.28. The van der Waals surface area contributed by atoms with Crippen molar-refractivity contribution in [1.82, 2.24) is 14.8 Å². The molecule has 4 nitrogen and oxygen atoms in total. The number of aromatic nitrogens is 1. The summed E-state index contributed by atoms with van der Waals surface area (Å²) in [7, 11) is 0. The molecule has 0 atom stereocenters. The van der Waals surface area contributed by atoms with E-state index >= 15 is 0 Å². The van der Waals surface area contributed by atoms with Crippen molar-refractivity contribution in [3.63, 3.8) is 0 Å². The molecule has 5 rings (SSSR count). The zero-order valence-electron chi connectivity index (χ0n) is 19.3. The summed E-state index contributed by atoms with van der Waals surface area (Å²) in [6.07, 6.45) is 1.81. The number of fused-ring (bicyclic) bond motifs is 1. The first-order valence-electron chi connectivity index (χ1n) is 11.5. The molecule has 1 aromatic heterocycles. The molecule has 178 valence electrons. The quantitative estimate of drug-likeness (QED) is 0.304. The molecule has 1 N–H and O–H groups in total. The maximum Gasteiger partial charge on any atom is 0.126 e. The van der Waals surface area contributed by atoms with E-state index in [0.29, 0.717) is 12.1 Å². The molecule has 2 heterocycles. The van der Waals surface area contributed by atoms with E-state index in [1.54, 1.807) is 11.9 Å². The van der Waals surface area contributed by atoms with Gasteiger partial charge in [-0.25, -0.2) is 8.78 Å². The molecule has 4 aromatic rings. The molecule has 0 unspecified atom stereocenters. The fraction of sp³-hybridized carbons (Fsp3) is 0.179. The van der Waals surface area contributed by atoms with Crippen molar-refractivity contribution in [2.24, 2.45) is 0 Å². The van der Waals surface area contributed by atoms with E-state index in [-0.39, 0.29) is 0 Å². The largest absolute Gasteiger partial charge is 0.369 e. The summed E-state index contributed by atoms with van der Waals surface area (Å²) in [5, 5.41) is 1.12. The summed E-state index contributed by atoms with van der Waals surface area (Å²) in [5.74, 6) is -1.06. The highest BCUT2D eigenvalue weighted by Gasteiger charge is 2.19. The number of hydrogen-bond acceptors (Lipinski definition) is 5. The fourth-order valence-corrected chi connectivity index (χ4v) is 5.10. The summed E-state index contributed by atoms with van der Waals surface area (Å²) in [4.78, 5) is 10.1. The van der Waals surface area contributed by atoms with Crippen molar-refractivity contribution >= 4 is 34.2 Å². The Balaban J connectivity index is 1.15. The highest BCUT2D eigenvalue weighted by molar-refractivity contribution is 8.00. The number of halogens is 2. The predicted molar refractivity (Wildman–Crippen MR) is 140 cm³/mol. The van der Waals surface area contributed by atoms with Crippen molar-refractivity contribution in [1.29, 1.82) is 0 Å². The van der Waals surface area contributed by atoms with Crippen LogP contribution in [0.15, 0.2) is 90.5 Å². The van der Waals surface area contributed by atoms with E-state index in [2.05, 4.69) is 68.5 Å². The third kappa shape index (κ3) is 5.63. The van der Waals surface area contributed by atoms with Crippen molar-refractivity contribution in [2.45, 2.75) is 11.4 Å². The van der Waals surface area contributed by atoms with Crippen molar-refractivity contribution in [3.8, 4) is 0 Å². The number of rotatable bonds is 7. The summed E-state index contributed by atoms with van der Waals surface area (Å²) < 4.78 is 30.4. The average Bonchev–Trinajstić information content (AvgIpc) is 2.87. The Morgan fingerprint density at radius 2 is 1.63 bits per heavy atom. The Hall–Kier alpha value is -3.42. The van der Waals surface area contributed by atoms with Crippen LogP contribution < -0.4 is 4.72 Å². The first-order chi connectivity index (χ1) is 17.0. The van der Waals surface area contributed by atoms with Gasteiger partial charge in [-0.1, -0.05) is 36.9 Å². The van der Waals surface area contributed by atoms with Crippen LogP contribution in [-0.4, -0.2) is 41.0 Å². The summed E-state index contributed by atoms with van der Waals surface area (Å²) in [6, 6.07) is 22.2. The minimum atomic E-state index is -0.530. The minimum absolute atomic E-state index is 0.530. The zero-order valence-corrected chi connectivity index (χ0v) is 20.1. The van der Waals surface area contributed by atoms with Crippen LogP contribution in [0.4, 0.5) is 14.5 Å². The maximum absolute atomic E-state index is 13.5. The standard InChI is InChI=1S/C28H26F2N4S/c1-20(34-14-12-33(13-15-34)19-21-16-24(29)18-25(30)17-21)22-7-9-26(10-8-22)32-35-27-6-2-4-23-5-3-11-31-28(23)27/h2-11,16-18,32H,1,12-15,19H2. The van der Waals surface area contributed by atoms with Crippen LogP contribution in [-0.2, 0) is 6.54 Å². The summed E-state index contributed by atoms with van der Waals surface area (Å²) >= 11 is 1.55. The van der Waals surface area contributed by atoms with Gasteiger partial charge in [-0.15, -0.1) is 0 Å². The van der Waals surface area contributed by atoms with Gasteiger partial charge in [0, 0.05) is 61.8 Å². The van der Waals surface area contributed by atoms with Gasteiger partial charge in [-0.05, 0) is 59.5 Å². The number of hydrogen-bond donors (Lipinski definition) is 1. The van der Waals surface area contributed by atoms with Crippen molar-refractivity contribution in [2.75, 3.05) is 30.9 Å². The number of pyridine rings is 1. The normalized spacial score (nSPS) is 14.3. The van der Waals surface area contributed by atoms with E-state index < -0.39 is 11.6 Å². The van der Waals surface area contributed by atoms with Gasteiger partial charge in [0.15, 0.2) is 0 Å². The van der Waals surface area contributed by atoms with Crippen LogP contribution >= 0.6 is 11.9 Å². The lowest BCUT2D eigenvalue weighted by Crippen LogP contribution is -2.44. The van der Waals surface area contributed by atoms with Crippen LogP contribution in [0.25, 0.3) is 16.6 Å². The Kier molecular flexibility index (Phi) is 6.97. The van der Waals surface area contributed by atoms with Crippen molar-refractivity contribution in [3.05, 3.63) is 108 Å². The third-order valence-electron chi connectivity index (χ3n) is 6.18. The number of para-hydroxylation sites is 1. The molecular weight excluding hydrogens is 462 g/mol. The Bertz CT molecular complexity index is 1310. The van der Waals surface area contributed by atoms with E-state index in [4.69, 9.17) is 0 Å². The number of nitrogens with zero attached hydrogens (tertiary/aromatic N) is 3. The molecule has 3 aromatic carbocycles. The lowest BCUT2D eigenvalue weighted by atomic mass is 10.1. The van der Waals surface area contributed by atoms with Gasteiger partial charge in [-0.3, -0.25) is 9.88 Å². The summed E-state index contributed by atoms with van der Waals surface area (Å²) in [6.45, 7) is 8.12. The number of anilines is 1. The Morgan fingerprint density at radius 1 is 0.914 bits per heavy atom. The molecule has 1 aliphatic rings. The molecule has 1 aliphatic heterocycles. The SMILES string of the molecule is C=C(c1ccc(NSc2cccc3cccnc23)cc1)N1CCN(Cc2cc(F)cc(F)c2)CC1. The van der Waals surface area contributed by atoms with Crippen LogP contribution in [0.3, 0.4) is 0 Å². The third-order valence-corrected chi connectivity index (χ3v) is 7.06. The second kappa shape index (κ2) is 10.5. The van der Waals surface area contributed by atoms with E-state index in [1.165, 1.54) is 12.1 Å². The first-order valence-corrected chi connectivity index (χ1v) is 12.3. The molecule has 0 saturated carbocycles. The maximum atomic E-state index is 13.5. The van der Waals surface area contributed by atoms with Gasteiger partial charge < -0.3 is 9.62 Å². The smallest absolute Gasteiger partial charge is 0.126 e. The molecule has 0 spiro atoms. The molecule has 1 saturated heterocycles. The second-order valence-electron chi connectivity index (χ2n) is 8.60.